The van der Waals surface area contributed by atoms with Crippen LogP contribution in [0.1, 0.15) is 16.0 Å². The van der Waals surface area contributed by atoms with Crippen LogP contribution in [0, 0.1) is 18.6 Å². The topological polar surface area (TPSA) is 66.4 Å². The molecule has 114 valence electrons. The van der Waals surface area contributed by atoms with Crippen molar-refractivity contribution in [1.29, 1.82) is 0 Å². The smallest absolute Gasteiger partial charge is 0.250 e. The van der Waals surface area contributed by atoms with E-state index in [1.807, 2.05) is 0 Å². The lowest BCUT2D eigenvalue weighted by atomic mass is 10.2. The molecule has 2 rings (SSSR count). The fourth-order valence-electron chi connectivity index (χ4n) is 1.69. The first kappa shape index (κ1) is 16.0. The van der Waals surface area contributed by atoms with Gasteiger partial charge in [0, 0.05) is 23.1 Å². The SMILES string of the molecule is Cc1cc(S(=O)(=O)NCc2ccc(F)cc2F)sc1CO. The van der Waals surface area contributed by atoms with Gasteiger partial charge in [0.1, 0.15) is 15.8 Å². The van der Waals surface area contributed by atoms with Gasteiger partial charge in [-0.05, 0) is 24.6 Å². The van der Waals surface area contributed by atoms with Crippen molar-refractivity contribution in [1.82, 2.24) is 4.72 Å². The summed E-state index contributed by atoms with van der Waals surface area (Å²) in [5.74, 6) is -1.53. The molecule has 1 heterocycles. The maximum absolute atomic E-state index is 13.4. The van der Waals surface area contributed by atoms with Gasteiger partial charge in [-0.1, -0.05) is 6.07 Å². The first-order valence-corrected chi connectivity index (χ1v) is 8.27. The van der Waals surface area contributed by atoms with Crippen LogP contribution in [-0.4, -0.2) is 13.5 Å². The molecule has 0 radical (unpaired) electrons. The molecule has 0 saturated carbocycles. The number of rotatable bonds is 5. The molecule has 0 aliphatic carbocycles. The first-order chi connectivity index (χ1) is 9.83. The predicted molar refractivity (Wildman–Crippen MR) is 75.4 cm³/mol. The van der Waals surface area contributed by atoms with Gasteiger partial charge >= 0.3 is 0 Å². The number of hydrogen-bond donors (Lipinski definition) is 2. The molecule has 0 aliphatic rings. The first-order valence-electron chi connectivity index (χ1n) is 5.97. The van der Waals surface area contributed by atoms with Gasteiger partial charge in [0.25, 0.3) is 0 Å². The third-order valence-electron chi connectivity index (χ3n) is 2.87. The molecule has 0 amide bonds. The molecule has 21 heavy (non-hydrogen) atoms. The maximum atomic E-state index is 13.4. The van der Waals surface area contributed by atoms with Crippen LogP contribution in [-0.2, 0) is 23.2 Å². The number of hydrogen-bond acceptors (Lipinski definition) is 4. The normalized spacial score (nSPS) is 11.8. The molecule has 0 fully saturated rings. The molecule has 2 N–H and O–H groups in total. The molecular formula is C13H13F2NO3S2. The fourth-order valence-corrected chi connectivity index (χ4v) is 4.19. The zero-order valence-electron chi connectivity index (χ0n) is 11.1. The monoisotopic (exact) mass is 333 g/mol. The highest BCUT2D eigenvalue weighted by atomic mass is 32.2. The summed E-state index contributed by atoms with van der Waals surface area (Å²) in [6.45, 7) is 1.18. The Kier molecular flexibility index (Phi) is 4.72. The van der Waals surface area contributed by atoms with E-state index in [1.165, 1.54) is 12.1 Å². The van der Waals surface area contributed by atoms with E-state index in [9.17, 15) is 17.2 Å². The van der Waals surface area contributed by atoms with E-state index in [2.05, 4.69) is 4.72 Å². The minimum absolute atomic E-state index is 0.0477. The van der Waals surface area contributed by atoms with E-state index in [1.54, 1.807) is 6.92 Å². The number of halogens is 2. The Labute approximate surface area is 125 Å². The summed E-state index contributed by atoms with van der Waals surface area (Å²) in [4.78, 5) is 0.559. The van der Waals surface area contributed by atoms with E-state index >= 15 is 0 Å². The summed E-state index contributed by atoms with van der Waals surface area (Å²) in [6, 6.07) is 4.39. The number of benzene rings is 1. The molecule has 2 aromatic rings. The summed E-state index contributed by atoms with van der Waals surface area (Å²) < 4.78 is 52.7. The lowest BCUT2D eigenvalue weighted by molar-refractivity contribution is 0.285. The lowest BCUT2D eigenvalue weighted by Crippen LogP contribution is -2.23. The Morgan fingerprint density at radius 1 is 1.29 bits per heavy atom. The number of thiophene rings is 1. The Morgan fingerprint density at radius 2 is 2.00 bits per heavy atom. The van der Waals surface area contributed by atoms with Crippen molar-refractivity contribution >= 4 is 21.4 Å². The van der Waals surface area contributed by atoms with Gasteiger partial charge < -0.3 is 5.11 Å². The van der Waals surface area contributed by atoms with Crippen molar-refractivity contribution in [3.05, 3.63) is 51.9 Å². The van der Waals surface area contributed by atoms with Crippen molar-refractivity contribution in [2.24, 2.45) is 0 Å². The van der Waals surface area contributed by atoms with Crippen LogP contribution in [0.2, 0.25) is 0 Å². The average Bonchev–Trinajstić information content (AvgIpc) is 2.80. The number of aliphatic hydroxyl groups excluding tert-OH is 1. The molecule has 0 bridgehead atoms. The summed E-state index contributed by atoms with van der Waals surface area (Å²) in [5.41, 5.74) is 0.728. The standard InChI is InChI=1S/C13H13F2NO3S2/c1-8-4-13(20-12(8)7-17)21(18,19)16-6-9-2-3-10(14)5-11(9)15/h2-5,16-17H,6-7H2,1H3. The van der Waals surface area contributed by atoms with Gasteiger partial charge in [-0.25, -0.2) is 21.9 Å². The Bertz CT molecular complexity index is 757. The Morgan fingerprint density at radius 3 is 2.57 bits per heavy atom. The fraction of sp³-hybridized carbons (Fsp3) is 0.231. The number of aryl methyl sites for hydroxylation is 1. The summed E-state index contributed by atoms with van der Waals surface area (Å²) >= 11 is 0.954. The van der Waals surface area contributed by atoms with Gasteiger partial charge in [0.2, 0.25) is 10.0 Å². The highest BCUT2D eigenvalue weighted by Gasteiger charge is 2.19. The summed E-state index contributed by atoms with van der Waals surface area (Å²) in [7, 11) is -3.80. The second-order valence-electron chi connectivity index (χ2n) is 4.39. The van der Waals surface area contributed by atoms with Crippen molar-refractivity contribution in [3.63, 3.8) is 0 Å². The van der Waals surface area contributed by atoms with Crippen LogP contribution in [0.3, 0.4) is 0 Å². The van der Waals surface area contributed by atoms with Gasteiger partial charge in [0.05, 0.1) is 6.61 Å². The second kappa shape index (κ2) is 6.18. The Hall–Kier alpha value is -1.35. The van der Waals surface area contributed by atoms with E-state index < -0.39 is 21.7 Å². The predicted octanol–water partition coefficient (Wildman–Crippen LogP) is 2.31. The second-order valence-corrected chi connectivity index (χ2v) is 7.52. The molecule has 8 heteroatoms. The lowest BCUT2D eigenvalue weighted by Gasteiger charge is -2.06. The van der Waals surface area contributed by atoms with E-state index in [4.69, 9.17) is 5.11 Å². The largest absolute Gasteiger partial charge is 0.391 e. The third kappa shape index (κ3) is 3.65. The highest BCUT2D eigenvalue weighted by Crippen LogP contribution is 2.26. The molecule has 0 unspecified atom stereocenters. The number of sulfonamides is 1. The van der Waals surface area contributed by atoms with Crippen LogP contribution >= 0.6 is 11.3 Å². The Balaban J connectivity index is 2.17. The quantitative estimate of drug-likeness (QED) is 0.882. The van der Waals surface area contributed by atoms with Gasteiger partial charge in [0.15, 0.2) is 0 Å². The molecule has 0 atom stereocenters. The van der Waals surface area contributed by atoms with Crippen LogP contribution in [0.25, 0.3) is 0 Å². The molecule has 0 aliphatic heterocycles. The van der Waals surface area contributed by atoms with Crippen LogP contribution in [0.4, 0.5) is 8.78 Å². The summed E-state index contributed by atoms with van der Waals surface area (Å²) in [6.07, 6.45) is 0. The minimum atomic E-state index is -3.80. The van der Waals surface area contributed by atoms with Crippen LogP contribution < -0.4 is 4.72 Å². The van der Waals surface area contributed by atoms with Crippen molar-refractivity contribution < 1.29 is 22.3 Å². The van der Waals surface area contributed by atoms with E-state index in [-0.39, 0.29) is 22.9 Å². The van der Waals surface area contributed by atoms with Crippen LogP contribution in [0.5, 0.6) is 0 Å². The average molecular weight is 333 g/mol. The molecule has 4 nitrogen and oxygen atoms in total. The number of nitrogens with one attached hydrogen (secondary N) is 1. The molecule has 0 saturated heterocycles. The minimum Gasteiger partial charge on any atom is -0.391 e. The number of aliphatic hydroxyl groups is 1. The molecule has 0 spiro atoms. The van der Waals surface area contributed by atoms with Gasteiger partial charge in [-0.3, -0.25) is 0 Å². The van der Waals surface area contributed by atoms with Crippen molar-refractivity contribution in [2.45, 2.75) is 24.3 Å². The zero-order valence-corrected chi connectivity index (χ0v) is 12.7. The summed E-state index contributed by atoms with van der Waals surface area (Å²) in [5, 5.41) is 9.08. The zero-order chi connectivity index (χ0) is 15.6. The molecule has 1 aromatic carbocycles. The van der Waals surface area contributed by atoms with Gasteiger partial charge in [-0.15, -0.1) is 11.3 Å². The molecule has 1 aromatic heterocycles. The van der Waals surface area contributed by atoms with E-state index in [0.29, 0.717) is 16.5 Å². The molecular weight excluding hydrogens is 320 g/mol. The third-order valence-corrected chi connectivity index (χ3v) is 5.97. The van der Waals surface area contributed by atoms with E-state index in [0.717, 1.165) is 17.4 Å². The maximum Gasteiger partial charge on any atom is 0.250 e. The van der Waals surface area contributed by atoms with Crippen molar-refractivity contribution in [2.75, 3.05) is 0 Å². The van der Waals surface area contributed by atoms with Crippen molar-refractivity contribution in [3.8, 4) is 0 Å². The highest BCUT2D eigenvalue weighted by molar-refractivity contribution is 7.91. The van der Waals surface area contributed by atoms with Gasteiger partial charge in [-0.2, -0.15) is 0 Å². The van der Waals surface area contributed by atoms with Crippen LogP contribution in [0.15, 0.2) is 28.5 Å².